The third-order valence-electron chi connectivity index (χ3n) is 3.58. The van der Waals surface area contributed by atoms with Gasteiger partial charge in [-0.25, -0.2) is 4.98 Å². The maximum Gasteiger partial charge on any atom is 0.255 e. The Bertz CT molecular complexity index is 438. The van der Waals surface area contributed by atoms with Crippen LogP contribution in [0.5, 0.6) is 5.88 Å². The van der Waals surface area contributed by atoms with E-state index in [1.807, 2.05) is 25.8 Å². The average Bonchev–Trinajstić information content (AvgIpc) is 3.20. The lowest BCUT2D eigenvalue weighted by atomic mass is 10.1. The number of amides is 1. The molecule has 1 aliphatic rings. The van der Waals surface area contributed by atoms with E-state index in [-0.39, 0.29) is 12.0 Å². The second kappa shape index (κ2) is 5.59. The van der Waals surface area contributed by atoms with Gasteiger partial charge in [0, 0.05) is 25.4 Å². The number of pyridine rings is 1. The molecule has 1 aliphatic carbocycles. The largest absolute Gasteiger partial charge is 0.475 e. The van der Waals surface area contributed by atoms with E-state index in [0.29, 0.717) is 23.4 Å². The van der Waals surface area contributed by atoms with E-state index in [4.69, 9.17) is 4.74 Å². The maximum atomic E-state index is 12.3. The predicted octanol–water partition coefficient (Wildman–Crippen LogP) is 2.74. The van der Waals surface area contributed by atoms with Gasteiger partial charge in [0.25, 0.3) is 5.91 Å². The zero-order valence-electron chi connectivity index (χ0n) is 12.1. The molecule has 0 radical (unpaired) electrons. The highest BCUT2D eigenvalue weighted by Crippen LogP contribution is 2.35. The smallest absolute Gasteiger partial charge is 0.255 e. The van der Waals surface area contributed by atoms with E-state index in [2.05, 4.69) is 11.9 Å². The number of nitrogens with zero attached hydrogens (tertiary/aromatic N) is 2. The molecule has 1 aromatic heterocycles. The van der Waals surface area contributed by atoms with Crippen molar-refractivity contribution in [3.63, 3.8) is 0 Å². The van der Waals surface area contributed by atoms with E-state index in [9.17, 15) is 4.79 Å². The van der Waals surface area contributed by atoms with Crippen LogP contribution >= 0.6 is 0 Å². The van der Waals surface area contributed by atoms with E-state index >= 15 is 0 Å². The van der Waals surface area contributed by atoms with Crippen LogP contribution in [0.1, 0.15) is 44.0 Å². The Labute approximate surface area is 114 Å². The Morgan fingerprint density at radius 1 is 1.37 bits per heavy atom. The standard InChI is InChI=1S/C15H22N2O2/c1-10(2)19-14-8-7-13(9-16-14)15(18)17(4)11(3)12-5-6-12/h7-12H,5-6H2,1-4H3/t11-/m1/s1. The summed E-state index contributed by atoms with van der Waals surface area (Å²) in [6.45, 7) is 6.01. The Balaban J connectivity index is 2.02. The summed E-state index contributed by atoms with van der Waals surface area (Å²) < 4.78 is 5.47. The SMILES string of the molecule is CC(C)Oc1ccc(C(=O)N(C)[C@H](C)C2CC2)cn1. The zero-order valence-corrected chi connectivity index (χ0v) is 12.1. The third kappa shape index (κ3) is 3.46. The van der Waals surface area contributed by atoms with Gasteiger partial charge < -0.3 is 9.64 Å². The fourth-order valence-corrected chi connectivity index (χ4v) is 2.10. The van der Waals surface area contributed by atoms with E-state index < -0.39 is 0 Å². The Hall–Kier alpha value is -1.58. The normalized spacial score (nSPS) is 16.3. The lowest BCUT2D eigenvalue weighted by Crippen LogP contribution is -2.36. The zero-order chi connectivity index (χ0) is 14.0. The molecule has 1 fully saturated rings. The second-order valence-electron chi connectivity index (χ2n) is 5.55. The van der Waals surface area contributed by atoms with Crippen LogP contribution in [0.4, 0.5) is 0 Å². The number of hydrogen-bond acceptors (Lipinski definition) is 3. The first-order chi connectivity index (χ1) is 8.99. The molecule has 1 aromatic rings. The van der Waals surface area contributed by atoms with Gasteiger partial charge >= 0.3 is 0 Å². The van der Waals surface area contributed by atoms with Crippen molar-refractivity contribution in [2.45, 2.75) is 45.8 Å². The first-order valence-corrected chi connectivity index (χ1v) is 6.89. The average molecular weight is 262 g/mol. The van der Waals surface area contributed by atoms with Crippen molar-refractivity contribution >= 4 is 5.91 Å². The predicted molar refractivity (Wildman–Crippen MR) is 74.3 cm³/mol. The van der Waals surface area contributed by atoms with E-state index in [1.165, 1.54) is 12.8 Å². The van der Waals surface area contributed by atoms with Crippen LogP contribution in [-0.4, -0.2) is 35.0 Å². The molecule has 2 rings (SSSR count). The first-order valence-electron chi connectivity index (χ1n) is 6.89. The topological polar surface area (TPSA) is 42.4 Å². The van der Waals surface area contributed by atoms with Crippen molar-refractivity contribution in [1.82, 2.24) is 9.88 Å². The summed E-state index contributed by atoms with van der Waals surface area (Å²) in [4.78, 5) is 18.3. The fourth-order valence-electron chi connectivity index (χ4n) is 2.10. The van der Waals surface area contributed by atoms with Crippen molar-refractivity contribution in [3.8, 4) is 5.88 Å². The molecule has 0 unspecified atom stereocenters. The van der Waals surface area contributed by atoms with Crippen LogP contribution in [0.15, 0.2) is 18.3 Å². The van der Waals surface area contributed by atoms with E-state index in [0.717, 1.165) is 0 Å². The van der Waals surface area contributed by atoms with Gasteiger partial charge in [-0.2, -0.15) is 0 Å². The van der Waals surface area contributed by atoms with Crippen molar-refractivity contribution in [1.29, 1.82) is 0 Å². The van der Waals surface area contributed by atoms with Crippen LogP contribution in [0.2, 0.25) is 0 Å². The number of hydrogen-bond donors (Lipinski definition) is 0. The minimum absolute atomic E-state index is 0.0306. The molecule has 1 saturated carbocycles. The summed E-state index contributed by atoms with van der Waals surface area (Å²) in [5.74, 6) is 1.26. The van der Waals surface area contributed by atoms with Crippen LogP contribution in [0.3, 0.4) is 0 Å². The molecule has 4 heteroatoms. The molecule has 1 heterocycles. The van der Waals surface area contributed by atoms with Gasteiger partial charge in [0.05, 0.1) is 11.7 Å². The Morgan fingerprint density at radius 3 is 2.53 bits per heavy atom. The lowest BCUT2D eigenvalue weighted by molar-refractivity contribution is 0.0727. The molecule has 0 aromatic carbocycles. The molecule has 0 aliphatic heterocycles. The highest BCUT2D eigenvalue weighted by atomic mass is 16.5. The molecule has 0 N–H and O–H groups in total. The highest BCUT2D eigenvalue weighted by molar-refractivity contribution is 5.94. The summed E-state index contributed by atoms with van der Waals surface area (Å²) in [7, 11) is 1.86. The Morgan fingerprint density at radius 2 is 2.05 bits per heavy atom. The number of rotatable bonds is 5. The number of aromatic nitrogens is 1. The van der Waals surface area contributed by atoms with E-state index in [1.54, 1.807) is 18.3 Å². The van der Waals surface area contributed by atoms with Crippen molar-refractivity contribution in [3.05, 3.63) is 23.9 Å². The minimum Gasteiger partial charge on any atom is -0.475 e. The molecule has 4 nitrogen and oxygen atoms in total. The monoisotopic (exact) mass is 262 g/mol. The van der Waals surface area contributed by atoms with Crippen LogP contribution in [0.25, 0.3) is 0 Å². The van der Waals surface area contributed by atoms with Crippen LogP contribution in [-0.2, 0) is 0 Å². The number of ether oxygens (including phenoxy) is 1. The molecule has 1 atom stereocenters. The van der Waals surface area contributed by atoms with Crippen molar-refractivity contribution < 1.29 is 9.53 Å². The van der Waals surface area contributed by atoms with Gasteiger partial charge in [0.15, 0.2) is 0 Å². The van der Waals surface area contributed by atoms with Gasteiger partial charge in [-0.05, 0) is 45.6 Å². The number of carbonyl (C=O) groups excluding carboxylic acids is 1. The van der Waals surface area contributed by atoms with Crippen LogP contribution < -0.4 is 4.74 Å². The Kier molecular flexibility index (Phi) is 4.08. The van der Waals surface area contributed by atoms with Gasteiger partial charge in [-0.1, -0.05) is 0 Å². The molecular formula is C15H22N2O2. The van der Waals surface area contributed by atoms with Gasteiger partial charge in [-0.3, -0.25) is 4.79 Å². The molecule has 0 saturated heterocycles. The second-order valence-corrected chi connectivity index (χ2v) is 5.55. The summed E-state index contributed by atoms with van der Waals surface area (Å²) in [6, 6.07) is 3.84. The molecular weight excluding hydrogens is 240 g/mol. The van der Waals surface area contributed by atoms with Crippen LogP contribution in [0, 0.1) is 5.92 Å². The molecule has 0 bridgehead atoms. The van der Waals surface area contributed by atoms with Gasteiger partial charge in [0.2, 0.25) is 5.88 Å². The summed E-state index contributed by atoms with van der Waals surface area (Å²) in [5, 5.41) is 0. The molecule has 104 valence electrons. The molecule has 1 amide bonds. The quantitative estimate of drug-likeness (QED) is 0.819. The summed E-state index contributed by atoms with van der Waals surface area (Å²) in [6.07, 6.45) is 4.15. The van der Waals surface area contributed by atoms with Crippen molar-refractivity contribution in [2.75, 3.05) is 7.05 Å². The fraction of sp³-hybridized carbons (Fsp3) is 0.600. The minimum atomic E-state index is 0.0306. The maximum absolute atomic E-state index is 12.3. The third-order valence-corrected chi connectivity index (χ3v) is 3.58. The van der Waals surface area contributed by atoms with Crippen molar-refractivity contribution in [2.24, 2.45) is 5.92 Å². The van der Waals surface area contributed by atoms with Gasteiger partial charge in [-0.15, -0.1) is 0 Å². The summed E-state index contributed by atoms with van der Waals surface area (Å²) in [5.41, 5.74) is 0.617. The summed E-state index contributed by atoms with van der Waals surface area (Å²) >= 11 is 0. The first kappa shape index (κ1) is 13.8. The number of carbonyl (C=O) groups is 1. The highest BCUT2D eigenvalue weighted by Gasteiger charge is 2.32. The lowest BCUT2D eigenvalue weighted by Gasteiger charge is -2.24. The van der Waals surface area contributed by atoms with Gasteiger partial charge in [0.1, 0.15) is 0 Å². The molecule has 19 heavy (non-hydrogen) atoms. The molecule has 0 spiro atoms.